The maximum Gasteiger partial charge on any atom is 0.270 e. The number of thiophene rings is 1. The molecule has 36 heavy (non-hydrogen) atoms. The summed E-state index contributed by atoms with van der Waals surface area (Å²) in [7, 11) is 0. The van der Waals surface area contributed by atoms with Crippen LogP contribution in [0.3, 0.4) is 0 Å². The van der Waals surface area contributed by atoms with Gasteiger partial charge in [-0.05, 0) is 53.3 Å². The number of para-hydroxylation sites is 2. The van der Waals surface area contributed by atoms with E-state index >= 15 is 0 Å². The normalized spacial score (nSPS) is 12.1. The average Bonchev–Trinajstić information content (AvgIpc) is 3.50. The molecule has 0 aliphatic heterocycles. The van der Waals surface area contributed by atoms with Crippen molar-refractivity contribution in [3.63, 3.8) is 0 Å². The quantitative estimate of drug-likeness (QED) is 0.231. The molecule has 8 heteroatoms. The Balaban J connectivity index is 1.45. The second-order valence-electron chi connectivity index (χ2n) is 8.37. The van der Waals surface area contributed by atoms with Crippen LogP contribution in [-0.2, 0) is 24.2 Å². The molecular formula is C28H24N3O3S2-. The van der Waals surface area contributed by atoms with Crippen molar-refractivity contribution in [2.75, 3.05) is 4.31 Å². The molecule has 0 aliphatic rings. The van der Waals surface area contributed by atoms with Crippen molar-refractivity contribution in [2.24, 2.45) is 0 Å². The second-order valence-corrected chi connectivity index (χ2v) is 10.1. The Morgan fingerprint density at radius 1 is 1.00 bits per heavy atom. The van der Waals surface area contributed by atoms with Crippen molar-refractivity contribution in [1.29, 1.82) is 0 Å². The zero-order chi connectivity index (χ0) is 25.1. The first-order valence-corrected chi connectivity index (χ1v) is 13.6. The van der Waals surface area contributed by atoms with Gasteiger partial charge in [0.05, 0.1) is 22.3 Å². The smallest absolute Gasteiger partial charge is 0.270 e. The van der Waals surface area contributed by atoms with Gasteiger partial charge < -0.3 is 9.12 Å². The Bertz CT molecular complexity index is 1530. The van der Waals surface area contributed by atoms with Gasteiger partial charge in [-0.1, -0.05) is 61.5 Å². The SMILES string of the molecule is CCCc1nc2ccccc2n1Cc1ccc(-c2ccsc2N(C(=O)c2ccccc2)S(=O)[O-])cc1. The molecule has 5 rings (SSSR count). The first kappa shape index (κ1) is 24.1. The highest BCUT2D eigenvalue weighted by molar-refractivity contribution is 7.81. The van der Waals surface area contributed by atoms with E-state index in [1.165, 1.54) is 11.3 Å². The largest absolute Gasteiger partial charge is 0.755 e. The Kier molecular flexibility index (Phi) is 7.09. The number of fused-ring (bicyclic) bond motifs is 1. The summed E-state index contributed by atoms with van der Waals surface area (Å²) < 4.78 is 27.3. The van der Waals surface area contributed by atoms with Crippen LogP contribution in [0.25, 0.3) is 22.2 Å². The molecule has 0 saturated heterocycles. The molecule has 1 unspecified atom stereocenters. The van der Waals surface area contributed by atoms with E-state index in [1.807, 2.05) is 48.5 Å². The van der Waals surface area contributed by atoms with Gasteiger partial charge in [-0.2, -0.15) is 0 Å². The molecule has 0 saturated carbocycles. The van der Waals surface area contributed by atoms with E-state index in [1.54, 1.807) is 35.7 Å². The number of amides is 1. The number of aromatic nitrogens is 2. The van der Waals surface area contributed by atoms with Crippen LogP contribution in [0.4, 0.5) is 5.00 Å². The summed E-state index contributed by atoms with van der Waals surface area (Å²) in [5.74, 6) is 0.482. The number of hydrogen-bond acceptors (Lipinski definition) is 5. The standard InChI is InChI=1S/C28H25N3O3S2/c1-2-8-26-29-24-11-6-7-12-25(24)30(26)19-20-13-15-21(16-14-20)23-17-18-35-28(23)31(36(33)34)27(32)22-9-4-3-5-10-22/h3-7,9-18H,2,8,19H2,1H3,(H,33,34)/p-1. The third-order valence-corrected chi connectivity index (χ3v) is 7.66. The van der Waals surface area contributed by atoms with Crippen LogP contribution < -0.4 is 4.31 Å². The Labute approximate surface area is 216 Å². The maximum absolute atomic E-state index is 13.0. The van der Waals surface area contributed by atoms with Crippen LogP contribution in [-0.4, -0.2) is 24.2 Å². The fourth-order valence-corrected chi connectivity index (χ4v) is 5.90. The predicted molar refractivity (Wildman–Crippen MR) is 145 cm³/mol. The second kappa shape index (κ2) is 10.6. The fraction of sp³-hybridized carbons (Fsp3) is 0.143. The summed E-state index contributed by atoms with van der Waals surface area (Å²) >= 11 is -1.54. The molecule has 0 spiro atoms. The molecule has 0 aliphatic carbocycles. The third kappa shape index (κ3) is 4.75. The maximum atomic E-state index is 13.0. The van der Waals surface area contributed by atoms with Crippen LogP contribution in [0.2, 0.25) is 0 Å². The highest BCUT2D eigenvalue weighted by Crippen LogP contribution is 2.37. The van der Waals surface area contributed by atoms with Crippen molar-refractivity contribution < 1.29 is 13.6 Å². The summed E-state index contributed by atoms with van der Waals surface area (Å²) in [6.45, 7) is 2.84. The zero-order valence-corrected chi connectivity index (χ0v) is 21.3. The van der Waals surface area contributed by atoms with E-state index < -0.39 is 17.2 Å². The number of rotatable bonds is 8. The van der Waals surface area contributed by atoms with E-state index in [0.717, 1.165) is 45.1 Å². The molecule has 0 bridgehead atoms. The highest BCUT2D eigenvalue weighted by Gasteiger charge is 2.23. The molecule has 2 heterocycles. The Morgan fingerprint density at radius 3 is 2.44 bits per heavy atom. The highest BCUT2D eigenvalue weighted by atomic mass is 32.2. The molecule has 1 amide bonds. The van der Waals surface area contributed by atoms with Gasteiger partial charge in [0.15, 0.2) is 0 Å². The number of anilines is 1. The predicted octanol–water partition coefficient (Wildman–Crippen LogP) is 6.21. The number of benzene rings is 3. The first-order valence-electron chi connectivity index (χ1n) is 11.7. The summed E-state index contributed by atoms with van der Waals surface area (Å²) in [6, 6.07) is 26.4. The van der Waals surface area contributed by atoms with Gasteiger partial charge in [0, 0.05) is 24.1 Å². The molecule has 2 aromatic heterocycles. The van der Waals surface area contributed by atoms with Gasteiger partial charge in [-0.15, -0.1) is 11.3 Å². The van der Waals surface area contributed by atoms with Crippen LogP contribution in [0.5, 0.6) is 0 Å². The number of imidazole rings is 1. The minimum atomic E-state index is -2.76. The molecule has 5 aromatic rings. The van der Waals surface area contributed by atoms with Crippen LogP contribution in [0, 0.1) is 0 Å². The molecule has 182 valence electrons. The van der Waals surface area contributed by atoms with E-state index in [-0.39, 0.29) is 0 Å². The topological polar surface area (TPSA) is 78.3 Å². The van der Waals surface area contributed by atoms with Crippen molar-refractivity contribution in [2.45, 2.75) is 26.3 Å². The summed E-state index contributed by atoms with van der Waals surface area (Å²) in [5.41, 5.74) is 5.07. The van der Waals surface area contributed by atoms with Gasteiger partial charge in [0.2, 0.25) is 0 Å². The number of nitrogens with zero attached hydrogens (tertiary/aromatic N) is 3. The number of hydrogen-bond donors (Lipinski definition) is 0. The minimum absolute atomic E-state index is 0.312. The van der Waals surface area contributed by atoms with Crippen molar-refractivity contribution in [3.05, 3.63) is 107 Å². The number of carbonyl (C=O) groups excluding carboxylic acids is 1. The number of aryl methyl sites for hydroxylation is 1. The molecular weight excluding hydrogens is 490 g/mol. The lowest BCUT2D eigenvalue weighted by molar-refractivity contribution is 0.101. The molecule has 3 aromatic carbocycles. The monoisotopic (exact) mass is 514 g/mol. The van der Waals surface area contributed by atoms with E-state index in [0.29, 0.717) is 22.7 Å². The third-order valence-electron chi connectivity index (χ3n) is 6.00. The van der Waals surface area contributed by atoms with Gasteiger partial charge in [-0.25, -0.2) is 9.29 Å². The van der Waals surface area contributed by atoms with Gasteiger partial charge >= 0.3 is 0 Å². The lowest BCUT2D eigenvalue weighted by Gasteiger charge is -2.24. The minimum Gasteiger partial charge on any atom is -0.755 e. The summed E-state index contributed by atoms with van der Waals surface area (Å²) in [6.07, 6.45) is 1.92. The fourth-order valence-electron chi connectivity index (χ4n) is 4.29. The Morgan fingerprint density at radius 2 is 1.72 bits per heavy atom. The summed E-state index contributed by atoms with van der Waals surface area (Å²) in [4.78, 5) is 17.8. The number of carbonyl (C=O) groups is 1. The lowest BCUT2D eigenvalue weighted by atomic mass is 10.1. The van der Waals surface area contributed by atoms with Crippen molar-refractivity contribution in [1.82, 2.24) is 9.55 Å². The van der Waals surface area contributed by atoms with Crippen molar-refractivity contribution in [3.8, 4) is 11.1 Å². The van der Waals surface area contributed by atoms with Crippen LogP contribution >= 0.6 is 11.3 Å². The van der Waals surface area contributed by atoms with Gasteiger partial charge in [0.25, 0.3) is 5.91 Å². The first-order chi connectivity index (χ1) is 17.6. The molecule has 1 atom stereocenters. The Hall–Kier alpha value is -3.59. The summed E-state index contributed by atoms with van der Waals surface area (Å²) in [5, 5.41) is 2.17. The van der Waals surface area contributed by atoms with Gasteiger partial charge in [0.1, 0.15) is 10.8 Å². The molecule has 6 nitrogen and oxygen atoms in total. The van der Waals surface area contributed by atoms with Crippen LogP contribution in [0.1, 0.15) is 35.1 Å². The molecule has 0 fully saturated rings. The molecule has 0 N–H and O–H groups in total. The van der Waals surface area contributed by atoms with Gasteiger partial charge in [-0.3, -0.25) is 9.00 Å². The average molecular weight is 515 g/mol. The molecule has 0 radical (unpaired) electrons. The van der Waals surface area contributed by atoms with E-state index in [4.69, 9.17) is 4.98 Å². The van der Waals surface area contributed by atoms with E-state index in [9.17, 15) is 13.6 Å². The van der Waals surface area contributed by atoms with Crippen molar-refractivity contribution >= 4 is 44.5 Å². The van der Waals surface area contributed by atoms with Crippen LogP contribution in [0.15, 0.2) is 90.3 Å². The van der Waals surface area contributed by atoms with E-state index in [2.05, 4.69) is 17.6 Å². The lowest BCUT2D eigenvalue weighted by Crippen LogP contribution is -2.32. The zero-order valence-electron chi connectivity index (χ0n) is 19.7.